The number of phenols is 1. The van der Waals surface area contributed by atoms with Crippen molar-refractivity contribution in [2.75, 3.05) is 0 Å². The Balaban J connectivity index is 2.94. The SMILES string of the molecule is C[C@@H](C(=O)OC(C)(C)C)[C@H](Cc1ccc(O)cc1)NC(=O)OC(C)(C)C. The molecule has 0 bridgehead atoms. The molecule has 146 valence electrons. The van der Waals surface area contributed by atoms with Gasteiger partial charge in [0.05, 0.1) is 5.92 Å². The van der Waals surface area contributed by atoms with Crippen molar-refractivity contribution < 1.29 is 24.2 Å². The number of carbonyl (C=O) groups excluding carboxylic acids is 2. The van der Waals surface area contributed by atoms with Gasteiger partial charge in [0, 0.05) is 6.04 Å². The Kier molecular flexibility index (Phi) is 7.07. The minimum absolute atomic E-state index is 0.158. The number of alkyl carbamates (subject to hydrolysis) is 1. The van der Waals surface area contributed by atoms with E-state index in [1.165, 1.54) is 0 Å². The fourth-order valence-electron chi connectivity index (χ4n) is 2.26. The van der Waals surface area contributed by atoms with Crippen LogP contribution in [0.4, 0.5) is 4.79 Å². The van der Waals surface area contributed by atoms with E-state index in [0.717, 1.165) is 5.56 Å². The molecular weight excluding hydrogens is 334 g/mol. The summed E-state index contributed by atoms with van der Waals surface area (Å²) >= 11 is 0. The fourth-order valence-corrected chi connectivity index (χ4v) is 2.26. The largest absolute Gasteiger partial charge is 0.508 e. The summed E-state index contributed by atoms with van der Waals surface area (Å²) in [6, 6.07) is 6.13. The minimum atomic E-state index is -0.637. The van der Waals surface area contributed by atoms with E-state index < -0.39 is 35.2 Å². The van der Waals surface area contributed by atoms with Crippen LogP contribution < -0.4 is 5.32 Å². The van der Waals surface area contributed by atoms with Gasteiger partial charge in [0.2, 0.25) is 0 Å². The molecular formula is C20H31NO5. The molecule has 6 heteroatoms. The van der Waals surface area contributed by atoms with Gasteiger partial charge < -0.3 is 19.9 Å². The topological polar surface area (TPSA) is 84.9 Å². The Labute approximate surface area is 155 Å². The Morgan fingerprint density at radius 3 is 1.96 bits per heavy atom. The summed E-state index contributed by atoms with van der Waals surface area (Å²) < 4.78 is 10.8. The first-order chi connectivity index (χ1) is 11.8. The molecule has 0 spiro atoms. The van der Waals surface area contributed by atoms with Crippen molar-refractivity contribution in [1.29, 1.82) is 0 Å². The van der Waals surface area contributed by atoms with Gasteiger partial charge in [-0.05, 0) is 72.6 Å². The van der Waals surface area contributed by atoms with E-state index in [2.05, 4.69) is 5.32 Å². The highest BCUT2D eigenvalue weighted by molar-refractivity contribution is 5.75. The molecule has 0 aliphatic heterocycles. The van der Waals surface area contributed by atoms with Crippen LogP contribution in [0.1, 0.15) is 54.0 Å². The molecule has 0 aliphatic carbocycles. The van der Waals surface area contributed by atoms with Crippen LogP contribution in [0, 0.1) is 5.92 Å². The molecule has 1 rings (SSSR count). The third-order valence-electron chi connectivity index (χ3n) is 3.48. The van der Waals surface area contributed by atoms with E-state index >= 15 is 0 Å². The van der Waals surface area contributed by atoms with Gasteiger partial charge in [-0.15, -0.1) is 0 Å². The Bertz CT molecular complexity index is 611. The first-order valence-electron chi connectivity index (χ1n) is 8.77. The molecule has 0 unspecified atom stereocenters. The van der Waals surface area contributed by atoms with Gasteiger partial charge in [-0.1, -0.05) is 12.1 Å². The zero-order valence-electron chi connectivity index (χ0n) is 16.8. The van der Waals surface area contributed by atoms with Gasteiger partial charge in [0.1, 0.15) is 17.0 Å². The monoisotopic (exact) mass is 365 g/mol. The van der Waals surface area contributed by atoms with Crippen molar-refractivity contribution in [3.63, 3.8) is 0 Å². The second-order valence-electron chi connectivity index (χ2n) is 8.45. The van der Waals surface area contributed by atoms with Crippen molar-refractivity contribution in [1.82, 2.24) is 5.32 Å². The lowest BCUT2D eigenvalue weighted by molar-refractivity contribution is -0.160. The highest BCUT2D eigenvalue weighted by Gasteiger charge is 2.31. The first-order valence-corrected chi connectivity index (χ1v) is 8.77. The first kappa shape index (κ1) is 21.8. The average molecular weight is 365 g/mol. The number of carbonyl (C=O) groups is 2. The molecule has 0 saturated carbocycles. The quantitative estimate of drug-likeness (QED) is 0.775. The molecule has 2 N–H and O–H groups in total. The van der Waals surface area contributed by atoms with E-state index in [-0.39, 0.29) is 5.75 Å². The highest BCUT2D eigenvalue weighted by Crippen LogP contribution is 2.19. The number of nitrogens with one attached hydrogen (secondary N) is 1. The van der Waals surface area contributed by atoms with Crippen LogP contribution >= 0.6 is 0 Å². The molecule has 1 amide bonds. The van der Waals surface area contributed by atoms with Gasteiger partial charge in [-0.3, -0.25) is 4.79 Å². The zero-order valence-corrected chi connectivity index (χ0v) is 16.8. The Hall–Kier alpha value is -2.24. The Morgan fingerprint density at radius 1 is 1.00 bits per heavy atom. The number of hydrogen-bond acceptors (Lipinski definition) is 5. The number of ether oxygens (including phenoxy) is 2. The third-order valence-corrected chi connectivity index (χ3v) is 3.48. The smallest absolute Gasteiger partial charge is 0.407 e. The lowest BCUT2D eigenvalue weighted by Crippen LogP contribution is -2.47. The zero-order chi connectivity index (χ0) is 20.1. The fraction of sp³-hybridized carbons (Fsp3) is 0.600. The van der Waals surface area contributed by atoms with Gasteiger partial charge >= 0.3 is 12.1 Å². The summed E-state index contributed by atoms with van der Waals surface area (Å²) in [5.74, 6) is -0.807. The van der Waals surface area contributed by atoms with Crippen LogP contribution in [0.15, 0.2) is 24.3 Å². The van der Waals surface area contributed by atoms with Crippen LogP contribution in [-0.2, 0) is 20.7 Å². The number of phenolic OH excluding ortho intramolecular Hbond substituents is 1. The number of benzene rings is 1. The molecule has 0 radical (unpaired) electrons. The third kappa shape index (κ3) is 8.23. The van der Waals surface area contributed by atoms with Crippen molar-refractivity contribution in [3.8, 4) is 5.75 Å². The second-order valence-corrected chi connectivity index (χ2v) is 8.45. The average Bonchev–Trinajstić information content (AvgIpc) is 2.44. The Morgan fingerprint density at radius 2 is 1.50 bits per heavy atom. The van der Waals surface area contributed by atoms with Crippen molar-refractivity contribution in [2.45, 2.75) is 72.1 Å². The number of rotatable bonds is 5. The number of amides is 1. The van der Waals surface area contributed by atoms with Gasteiger partial charge in [-0.25, -0.2) is 4.79 Å². The summed E-state index contributed by atoms with van der Waals surface area (Å²) in [4.78, 5) is 24.7. The van der Waals surface area contributed by atoms with Crippen LogP contribution in [0.2, 0.25) is 0 Å². The van der Waals surface area contributed by atoms with Gasteiger partial charge in [0.25, 0.3) is 0 Å². The highest BCUT2D eigenvalue weighted by atomic mass is 16.6. The predicted octanol–water partition coefficient (Wildman–Crippen LogP) is 3.81. The molecule has 0 aromatic heterocycles. The molecule has 2 atom stereocenters. The molecule has 1 aromatic rings. The van der Waals surface area contributed by atoms with E-state index in [9.17, 15) is 14.7 Å². The van der Waals surface area contributed by atoms with Gasteiger partial charge in [-0.2, -0.15) is 0 Å². The number of aromatic hydroxyl groups is 1. The van der Waals surface area contributed by atoms with Crippen molar-refractivity contribution in [2.24, 2.45) is 5.92 Å². The number of esters is 1. The maximum absolute atomic E-state index is 12.5. The molecule has 0 heterocycles. The van der Waals surface area contributed by atoms with E-state index in [0.29, 0.717) is 6.42 Å². The van der Waals surface area contributed by atoms with Crippen LogP contribution in [0.25, 0.3) is 0 Å². The standard InChI is InChI=1S/C20H31NO5/c1-13(17(23)25-19(2,3)4)16(21-18(24)26-20(5,6)7)12-14-8-10-15(22)11-9-14/h8-11,13,16,22H,12H2,1-7H3,(H,21,24)/t13-,16+/m1/s1. The molecule has 0 saturated heterocycles. The van der Waals surface area contributed by atoms with Gasteiger partial charge in [0.15, 0.2) is 0 Å². The molecule has 0 fully saturated rings. The molecule has 6 nitrogen and oxygen atoms in total. The summed E-state index contributed by atoms with van der Waals surface area (Å²) in [6.07, 6.45) is -0.184. The van der Waals surface area contributed by atoms with E-state index in [1.807, 2.05) is 0 Å². The van der Waals surface area contributed by atoms with E-state index in [4.69, 9.17) is 9.47 Å². The molecule has 26 heavy (non-hydrogen) atoms. The summed E-state index contributed by atoms with van der Waals surface area (Å²) in [5, 5.41) is 12.2. The minimum Gasteiger partial charge on any atom is -0.508 e. The summed E-state index contributed by atoms with van der Waals surface area (Å²) in [7, 11) is 0. The predicted molar refractivity (Wildman–Crippen MR) is 100.0 cm³/mol. The summed E-state index contributed by atoms with van der Waals surface area (Å²) in [5.41, 5.74) is -0.373. The van der Waals surface area contributed by atoms with E-state index in [1.54, 1.807) is 72.7 Å². The van der Waals surface area contributed by atoms with Crippen LogP contribution in [0.3, 0.4) is 0 Å². The molecule has 0 aliphatic rings. The van der Waals surface area contributed by atoms with Crippen molar-refractivity contribution >= 4 is 12.1 Å². The maximum Gasteiger partial charge on any atom is 0.407 e. The number of hydrogen-bond donors (Lipinski definition) is 2. The summed E-state index contributed by atoms with van der Waals surface area (Å²) in [6.45, 7) is 12.4. The molecule has 1 aromatic carbocycles. The van der Waals surface area contributed by atoms with Crippen molar-refractivity contribution in [3.05, 3.63) is 29.8 Å². The second kappa shape index (κ2) is 8.43. The lowest BCUT2D eigenvalue weighted by Gasteiger charge is -2.29. The normalized spacial score (nSPS) is 14.3. The van der Waals surface area contributed by atoms with Crippen LogP contribution in [0.5, 0.6) is 5.75 Å². The van der Waals surface area contributed by atoms with Crippen LogP contribution in [-0.4, -0.2) is 34.4 Å². The maximum atomic E-state index is 12.5. The lowest BCUT2D eigenvalue weighted by atomic mass is 9.94.